The van der Waals surface area contributed by atoms with Crippen molar-refractivity contribution < 1.29 is 9.18 Å². The number of hydrogen-bond acceptors (Lipinski definition) is 1. The zero-order chi connectivity index (χ0) is 10.6. The van der Waals surface area contributed by atoms with Gasteiger partial charge in [-0.15, -0.1) is 0 Å². The maximum absolute atomic E-state index is 12.9. The maximum Gasteiger partial charge on any atom is 0.185 e. The molecule has 0 amide bonds. The van der Waals surface area contributed by atoms with E-state index in [-0.39, 0.29) is 11.6 Å². The lowest BCUT2D eigenvalue weighted by molar-refractivity contribution is 0.104. The molecule has 0 saturated heterocycles. The predicted molar refractivity (Wildman–Crippen MR) is 54.9 cm³/mol. The van der Waals surface area contributed by atoms with Crippen LogP contribution in [0.5, 0.6) is 0 Å². The predicted octanol–water partition coefficient (Wildman–Crippen LogP) is 3.28. The Balaban J connectivity index is 3.00. The van der Waals surface area contributed by atoms with Gasteiger partial charge in [0.25, 0.3) is 0 Å². The second kappa shape index (κ2) is 4.70. The van der Waals surface area contributed by atoms with Gasteiger partial charge in [0.1, 0.15) is 5.82 Å². The number of rotatable bonds is 3. The van der Waals surface area contributed by atoms with E-state index in [0.29, 0.717) is 5.56 Å². The van der Waals surface area contributed by atoms with Gasteiger partial charge in [-0.1, -0.05) is 19.1 Å². The quantitative estimate of drug-likeness (QED) is 0.530. The van der Waals surface area contributed by atoms with Gasteiger partial charge >= 0.3 is 0 Å². The van der Waals surface area contributed by atoms with Crippen molar-refractivity contribution in [1.29, 1.82) is 0 Å². The van der Waals surface area contributed by atoms with Crippen molar-refractivity contribution in [2.24, 2.45) is 0 Å². The lowest BCUT2D eigenvalue weighted by Gasteiger charge is -2.00. The van der Waals surface area contributed by atoms with Crippen LogP contribution in [-0.2, 0) is 0 Å². The Kier molecular flexibility index (Phi) is 3.57. The van der Waals surface area contributed by atoms with Crippen LogP contribution in [0.25, 0.3) is 0 Å². The molecule has 0 aliphatic rings. The fourth-order valence-electron chi connectivity index (χ4n) is 1.17. The second-order valence-corrected chi connectivity index (χ2v) is 3.13. The largest absolute Gasteiger partial charge is 0.289 e. The van der Waals surface area contributed by atoms with Crippen molar-refractivity contribution in [2.75, 3.05) is 0 Å². The minimum atomic E-state index is -0.371. The number of aryl methyl sites for hydroxylation is 1. The Morgan fingerprint density at radius 2 is 2.21 bits per heavy atom. The van der Waals surface area contributed by atoms with Gasteiger partial charge in [-0.3, -0.25) is 4.79 Å². The summed E-state index contributed by atoms with van der Waals surface area (Å²) in [5.41, 5.74) is 1.24. The molecule has 0 heterocycles. The molecule has 0 atom stereocenters. The number of carbonyl (C=O) groups is 1. The monoisotopic (exact) mass is 192 g/mol. The summed E-state index contributed by atoms with van der Waals surface area (Å²) in [6, 6.07) is 4.25. The van der Waals surface area contributed by atoms with E-state index in [4.69, 9.17) is 0 Å². The first-order valence-electron chi connectivity index (χ1n) is 4.62. The first kappa shape index (κ1) is 10.6. The molecular weight excluding hydrogens is 179 g/mol. The Hall–Kier alpha value is -1.44. The van der Waals surface area contributed by atoms with Gasteiger partial charge in [0, 0.05) is 5.56 Å². The van der Waals surface area contributed by atoms with Gasteiger partial charge in [-0.05, 0) is 37.1 Å². The van der Waals surface area contributed by atoms with Crippen LogP contribution in [0.2, 0.25) is 0 Å². The number of ketones is 1. The highest BCUT2D eigenvalue weighted by molar-refractivity contribution is 6.05. The average molecular weight is 192 g/mol. The van der Waals surface area contributed by atoms with Gasteiger partial charge in [0.05, 0.1) is 0 Å². The Morgan fingerprint density at radius 3 is 2.86 bits per heavy atom. The van der Waals surface area contributed by atoms with Gasteiger partial charge in [-0.2, -0.15) is 0 Å². The molecular formula is C12H13FO. The van der Waals surface area contributed by atoms with E-state index >= 15 is 0 Å². The summed E-state index contributed by atoms with van der Waals surface area (Å²) in [5.74, 6) is -0.507. The van der Waals surface area contributed by atoms with Crippen LogP contribution in [0, 0.1) is 12.7 Å². The molecule has 1 aromatic rings. The van der Waals surface area contributed by atoms with Gasteiger partial charge < -0.3 is 0 Å². The normalized spacial score (nSPS) is 10.8. The number of benzene rings is 1. The fraction of sp³-hybridized carbons (Fsp3) is 0.250. The summed E-state index contributed by atoms with van der Waals surface area (Å²) in [5, 5.41) is 0. The summed E-state index contributed by atoms with van der Waals surface area (Å²) in [7, 11) is 0. The van der Waals surface area contributed by atoms with E-state index in [2.05, 4.69) is 0 Å². The third-order valence-corrected chi connectivity index (χ3v) is 1.97. The topological polar surface area (TPSA) is 17.1 Å². The lowest BCUT2D eigenvalue weighted by atomic mass is 10.0. The Bertz CT molecular complexity index is 367. The van der Waals surface area contributed by atoms with E-state index in [1.807, 2.05) is 6.92 Å². The Labute approximate surface area is 83.3 Å². The number of allylic oxidation sites excluding steroid dienone is 2. The van der Waals surface area contributed by atoms with Gasteiger partial charge in [0.2, 0.25) is 0 Å². The van der Waals surface area contributed by atoms with Crippen LogP contribution in [0.15, 0.2) is 30.4 Å². The summed E-state index contributed by atoms with van der Waals surface area (Å²) >= 11 is 0. The molecule has 1 rings (SSSR count). The van der Waals surface area contributed by atoms with Crippen LogP contribution in [-0.4, -0.2) is 5.78 Å². The van der Waals surface area contributed by atoms with E-state index in [0.717, 1.165) is 12.0 Å². The maximum atomic E-state index is 12.9. The van der Waals surface area contributed by atoms with Gasteiger partial charge in [-0.25, -0.2) is 4.39 Å². The standard InChI is InChI=1S/C12H13FO/c1-3-4-5-12(14)11-8-10(13)7-6-9(11)2/h4-8H,3H2,1-2H3/b5-4+. The molecule has 2 heteroatoms. The first-order chi connectivity index (χ1) is 6.65. The molecule has 0 bridgehead atoms. The van der Waals surface area contributed by atoms with Crippen molar-refractivity contribution in [2.45, 2.75) is 20.3 Å². The summed E-state index contributed by atoms with van der Waals surface area (Å²) < 4.78 is 12.9. The number of halogens is 1. The molecule has 0 saturated carbocycles. The number of hydrogen-bond donors (Lipinski definition) is 0. The molecule has 0 aliphatic carbocycles. The molecule has 14 heavy (non-hydrogen) atoms. The first-order valence-corrected chi connectivity index (χ1v) is 4.62. The van der Waals surface area contributed by atoms with Crippen molar-refractivity contribution >= 4 is 5.78 Å². The van der Waals surface area contributed by atoms with Crippen molar-refractivity contribution in [1.82, 2.24) is 0 Å². The summed E-state index contributed by atoms with van der Waals surface area (Å²) in [6.45, 7) is 3.74. The minimum Gasteiger partial charge on any atom is -0.289 e. The molecule has 0 fully saturated rings. The molecule has 0 aliphatic heterocycles. The van der Waals surface area contributed by atoms with Crippen LogP contribution in [0.1, 0.15) is 29.3 Å². The highest BCUT2D eigenvalue weighted by Gasteiger charge is 2.06. The highest BCUT2D eigenvalue weighted by Crippen LogP contribution is 2.11. The van der Waals surface area contributed by atoms with Crippen molar-refractivity contribution in [3.63, 3.8) is 0 Å². The smallest absolute Gasteiger partial charge is 0.185 e. The molecule has 74 valence electrons. The molecule has 1 nitrogen and oxygen atoms in total. The van der Waals surface area contributed by atoms with Gasteiger partial charge in [0.15, 0.2) is 5.78 Å². The zero-order valence-corrected chi connectivity index (χ0v) is 8.38. The second-order valence-electron chi connectivity index (χ2n) is 3.13. The van der Waals surface area contributed by atoms with E-state index in [9.17, 15) is 9.18 Å². The summed E-state index contributed by atoms with van der Waals surface area (Å²) in [6.07, 6.45) is 4.06. The van der Waals surface area contributed by atoms with Crippen LogP contribution >= 0.6 is 0 Å². The third-order valence-electron chi connectivity index (χ3n) is 1.97. The lowest BCUT2D eigenvalue weighted by Crippen LogP contribution is -1.98. The van der Waals surface area contributed by atoms with Crippen molar-refractivity contribution in [3.05, 3.63) is 47.3 Å². The van der Waals surface area contributed by atoms with Crippen LogP contribution < -0.4 is 0 Å². The average Bonchev–Trinajstić information content (AvgIpc) is 2.18. The fourth-order valence-corrected chi connectivity index (χ4v) is 1.17. The van der Waals surface area contributed by atoms with Crippen LogP contribution in [0.4, 0.5) is 4.39 Å². The van der Waals surface area contributed by atoms with E-state index < -0.39 is 0 Å². The molecule has 0 radical (unpaired) electrons. The molecule has 0 spiro atoms. The molecule has 1 aromatic carbocycles. The van der Waals surface area contributed by atoms with Crippen LogP contribution in [0.3, 0.4) is 0 Å². The van der Waals surface area contributed by atoms with Crippen molar-refractivity contribution in [3.8, 4) is 0 Å². The molecule has 0 N–H and O–H groups in total. The minimum absolute atomic E-state index is 0.135. The highest BCUT2D eigenvalue weighted by atomic mass is 19.1. The van der Waals surface area contributed by atoms with E-state index in [1.54, 1.807) is 19.1 Å². The molecule has 0 aromatic heterocycles. The molecule has 0 unspecified atom stereocenters. The Morgan fingerprint density at radius 1 is 1.50 bits per heavy atom. The third kappa shape index (κ3) is 2.52. The number of carbonyl (C=O) groups excluding carboxylic acids is 1. The van der Waals surface area contributed by atoms with E-state index in [1.165, 1.54) is 18.2 Å². The summed E-state index contributed by atoms with van der Waals surface area (Å²) in [4.78, 5) is 11.5. The zero-order valence-electron chi connectivity index (χ0n) is 8.38. The SMILES string of the molecule is CC/C=C/C(=O)c1cc(F)ccc1C.